The summed E-state index contributed by atoms with van der Waals surface area (Å²) in [6.07, 6.45) is 0. The number of anilines is 1. The van der Waals surface area contributed by atoms with Gasteiger partial charge in [-0.3, -0.25) is 0 Å². The van der Waals surface area contributed by atoms with E-state index in [1.54, 1.807) is 0 Å². The van der Waals surface area contributed by atoms with Gasteiger partial charge in [0, 0.05) is 31.4 Å². The van der Waals surface area contributed by atoms with Crippen molar-refractivity contribution in [1.82, 2.24) is 5.32 Å². The first-order valence-electron chi connectivity index (χ1n) is 8.41. The molecule has 1 atom stereocenters. The van der Waals surface area contributed by atoms with Gasteiger partial charge in [-0.15, -0.1) is 0 Å². The lowest BCUT2D eigenvalue weighted by atomic mass is 10.1. The molecule has 0 aromatic heterocycles. The minimum absolute atomic E-state index is 0.277. The standard InChI is InChI=1S/C20H23N3O/c1-16(22-15-18-4-2-17(14-21)3-5-18)19-6-8-20(9-7-19)23-10-12-24-13-11-23/h2-9,16,22H,10-13,15H2,1H3/t16-/m1/s1. The Kier molecular flexibility index (Phi) is 5.47. The van der Waals surface area contributed by atoms with Crippen LogP contribution in [-0.4, -0.2) is 26.3 Å². The number of hydrogen-bond acceptors (Lipinski definition) is 4. The molecule has 0 radical (unpaired) electrons. The number of benzene rings is 2. The molecule has 1 aliphatic heterocycles. The molecule has 1 saturated heterocycles. The van der Waals surface area contributed by atoms with Gasteiger partial charge < -0.3 is 15.0 Å². The molecule has 4 heteroatoms. The van der Waals surface area contributed by atoms with E-state index in [1.807, 2.05) is 24.3 Å². The van der Waals surface area contributed by atoms with E-state index in [9.17, 15) is 0 Å². The van der Waals surface area contributed by atoms with Crippen molar-refractivity contribution in [2.24, 2.45) is 0 Å². The first-order valence-corrected chi connectivity index (χ1v) is 8.41. The first kappa shape index (κ1) is 16.5. The second kappa shape index (κ2) is 7.96. The number of nitrogens with zero attached hydrogens (tertiary/aromatic N) is 2. The number of ether oxygens (including phenoxy) is 1. The summed E-state index contributed by atoms with van der Waals surface area (Å²) < 4.78 is 5.40. The van der Waals surface area contributed by atoms with Crippen LogP contribution in [0.3, 0.4) is 0 Å². The van der Waals surface area contributed by atoms with Crippen LogP contribution in [0.4, 0.5) is 5.69 Å². The maximum Gasteiger partial charge on any atom is 0.0991 e. The molecule has 24 heavy (non-hydrogen) atoms. The van der Waals surface area contributed by atoms with E-state index < -0.39 is 0 Å². The smallest absolute Gasteiger partial charge is 0.0991 e. The van der Waals surface area contributed by atoms with Gasteiger partial charge in [-0.25, -0.2) is 0 Å². The highest BCUT2D eigenvalue weighted by Crippen LogP contribution is 2.20. The molecule has 2 aromatic rings. The van der Waals surface area contributed by atoms with Gasteiger partial charge in [-0.2, -0.15) is 5.26 Å². The normalized spacial score (nSPS) is 15.8. The van der Waals surface area contributed by atoms with Gasteiger partial charge >= 0.3 is 0 Å². The minimum Gasteiger partial charge on any atom is -0.378 e. The van der Waals surface area contributed by atoms with Crippen molar-refractivity contribution >= 4 is 5.69 Å². The molecule has 124 valence electrons. The van der Waals surface area contributed by atoms with E-state index in [0.717, 1.165) is 32.8 Å². The van der Waals surface area contributed by atoms with Crippen LogP contribution in [0.2, 0.25) is 0 Å². The predicted molar refractivity (Wildman–Crippen MR) is 95.9 cm³/mol. The monoisotopic (exact) mass is 321 g/mol. The minimum atomic E-state index is 0.277. The molecule has 0 bridgehead atoms. The van der Waals surface area contributed by atoms with Crippen molar-refractivity contribution in [3.8, 4) is 6.07 Å². The van der Waals surface area contributed by atoms with Gasteiger partial charge in [0.05, 0.1) is 24.8 Å². The Hall–Kier alpha value is -2.35. The molecule has 1 heterocycles. The van der Waals surface area contributed by atoms with Gasteiger partial charge in [-0.05, 0) is 42.3 Å². The molecule has 0 amide bonds. The summed E-state index contributed by atoms with van der Waals surface area (Å²) in [5, 5.41) is 12.4. The predicted octanol–water partition coefficient (Wildman–Crippen LogP) is 3.25. The largest absolute Gasteiger partial charge is 0.378 e. The second-order valence-corrected chi connectivity index (χ2v) is 6.10. The molecule has 3 rings (SSSR count). The third kappa shape index (κ3) is 4.14. The van der Waals surface area contributed by atoms with Crippen LogP contribution in [0.25, 0.3) is 0 Å². The number of nitrogens with one attached hydrogen (secondary N) is 1. The zero-order valence-electron chi connectivity index (χ0n) is 14.0. The van der Waals surface area contributed by atoms with E-state index in [0.29, 0.717) is 5.56 Å². The van der Waals surface area contributed by atoms with Crippen LogP contribution < -0.4 is 10.2 Å². The molecule has 0 saturated carbocycles. The topological polar surface area (TPSA) is 48.3 Å². The van der Waals surface area contributed by atoms with Gasteiger partial charge in [-0.1, -0.05) is 24.3 Å². The van der Waals surface area contributed by atoms with Gasteiger partial charge in [0.15, 0.2) is 0 Å². The lowest BCUT2D eigenvalue weighted by Gasteiger charge is -2.29. The van der Waals surface area contributed by atoms with Gasteiger partial charge in [0.25, 0.3) is 0 Å². The van der Waals surface area contributed by atoms with Crippen LogP contribution in [-0.2, 0) is 11.3 Å². The van der Waals surface area contributed by atoms with Gasteiger partial charge in [0.2, 0.25) is 0 Å². The Morgan fingerprint density at radius 3 is 2.38 bits per heavy atom. The van der Waals surface area contributed by atoms with E-state index in [1.165, 1.54) is 16.8 Å². The highest BCUT2D eigenvalue weighted by Gasteiger charge is 2.12. The lowest BCUT2D eigenvalue weighted by molar-refractivity contribution is 0.122. The molecule has 0 spiro atoms. The second-order valence-electron chi connectivity index (χ2n) is 6.10. The SMILES string of the molecule is C[C@@H](NCc1ccc(C#N)cc1)c1ccc(N2CCOCC2)cc1. The summed E-state index contributed by atoms with van der Waals surface area (Å²) in [5.41, 5.74) is 4.43. The zero-order chi connectivity index (χ0) is 16.8. The van der Waals surface area contributed by atoms with Crippen LogP contribution in [0, 0.1) is 11.3 Å². The summed E-state index contributed by atoms with van der Waals surface area (Å²) in [4.78, 5) is 2.36. The number of morpholine rings is 1. The number of nitriles is 1. The Bertz CT molecular complexity index is 682. The van der Waals surface area contributed by atoms with Crippen molar-refractivity contribution in [2.75, 3.05) is 31.2 Å². The van der Waals surface area contributed by atoms with Crippen molar-refractivity contribution in [2.45, 2.75) is 19.5 Å². The van der Waals surface area contributed by atoms with Crippen LogP contribution in [0.5, 0.6) is 0 Å². The Balaban J connectivity index is 1.56. The van der Waals surface area contributed by atoms with Crippen LogP contribution >= 0.6 is 0 Å². The van der Waals surface area contributed by atoms with E-state index in [-0.39, 0.29) is 6.04 Å². The van der Waals surface area contributed by atoms with E-state index in [4.69, 9.17) is 10.00 Å². The summed E-state index contributed by atoms with van der Waals surface area (Å²) >= 11 is 0. The van der Waals surface area contributed by atoms with Crippen LogP contribution in [0.15, 0.2) is 48.5 Å². The summed E-state index contributed by atoms with van der Waals surface area (Å²) in [5.74, 6) is 0. The fourth-order valence-corrected chi connectivity index (χ4v) is 2.88. The molecule has 1 fully saturated rings. The Labute approximate surface area is 143 Å². The van der Waals surface area contributed by atoms with Gasteiger partial charge in [0.1, 0.15) is 0 Å². The summed E-state index contributed by atoms with van der Waals surface area (Å²) in [6.45, 7) is 6.51. The van der Waals surface area contributed by atoms with E-state index in [2.05, 4.69) is 47.5 Å². The third-order valence-corrected chi connectivity index (χ3v) is 4.46. The van der Waals surface area contributed by atoms with Crippen molar-refractivity contribution in [1.29, 1.82) is 5.26 Å². The maximum atomic E-state index is 8.84. The quantitative estimate of drug-likeness (QED) is 0.918. The average molecular weight is 321 g/mol. The fourth-order valence-electron chi connectivity index (χ4n) is 2.88. The highest BCUT2D eigenvalue weighted by atomic mass is 16.5. The lowest BCUT2D eigenvalue weighted by Crippen LogP contribution is -2.36. The molecular formula is C20H23N3O. The number of hydrogen-bond donors (Lipinski definition) is 1. The molecule has 2 aromatic carbocycles. The third-order valence-electron chi connectivity index (χ3n) is 4.46. The molecule has 0 unspecified atom stereocenters. The molecule has 1 N–H and O–H groups in total. The van der Waals surface area contributed by atoms with E-state index >= 15 is 0 Å². The Morgan fingerprint density at radius 2 is 1.75 bits per heavy atom. The first-order chi connectivity index (χ1) is 11.8. The van der Waals surface area contributed by atoms with Crippen molar-refractivity contribution < 1.29 is 4.74 Å². The van der Waals surface area contributed by atoms with Crippen molar-refractivity contribution in [3.05, 3.63) is 65.2 Å². The average Bonchev–Trinajstić information content (AvgIpc) is 2.67. The molecule has 0 aliphatic carbocycles. The summed E-state index contributed by atoms with van der Waals surface area (Å²) in [7, 11) is 0. The molecule has 4 nitrogen and oxygen atoms in total. The summed E-state index contributed by atoms with van der Waals surface area (Å²) in [6, 6.07) is 18.9. The zero-order valence-corrected chi connectivity index (χ0v) is 14.0. The number of rotatable bonds is 5. The fraction of sp³-hybridized carbons (Fsp3) is 0.350. The molecular weight excluding hydrogens is 298 g/mol. The Morgan fingerprint density at radius 1 is 1.08 bits per heavy atom. The highest BCUT2D eigenvalue weighted by molar-refractivity contribution is 5.48. The maximum absolute atomic E-state index is 8.84. The van der Waals surface area contributed by atoms with Crippen LogP contribution in [0.1, 0.15) is 29.7 Å². The van der Waals surface area contributed by atoms with Crippen molar-refractivity contribution in [3.63, 3.8) is 0 Å². The molecule has 1 aliphatic rings.